The Hall–Kier alpha value is -2.47. The van der Waals surface area contributed by atoms with E-state index < -0.39 is 5.97 Å². The van der Waals surface area contributed by atoms with Gasteiger partial charge in [-0.05, 0) is 43.2 Å². The first kappa shape index (κ1) is 14.9. The van der Waals surface area contributed by atoms with Crippen molar-refractivity contribution in [3.63, 3.8) is 0 Å². The van der Waals surface area contributed by atoms with Crippen molar-refractivity contribution in [1.29, 1.82) is 0 Å². The van der Waals surface area contributed by atoms with Crippen LogP contribution >= 0.6 is 11.3 Å². The number of carbonyl (C=O) groups is 2. The number of aromatic nitrogens is 1. The molecular weight excluding hydrogens is 288 g/mol. The number of nitrogens with zero attached hydrogens (tertiary/aromatic N) is 1. The first-order chi connectivity index (χ1) is 9.97. The molecule has 108 valence electrons. The molecular formula is C15H14N2O3S. The standard InChI is InChI=1S/C15H14N2O3S/c1-9-3-5-12(7-11(9)4-6-13(18)19)17-15(20)14-10(2)16-8-21-14/h3-8H,1-2H3,(H,17,20)(H,18,19). The highest BCUT2D eigenvalue weighted by Gasteiger charge is 2.12. The Morgan fingerprint density at radius 3 is 2.71 bits per heavy atom. The Balaban J connectivity index is 2.21. The summed E-state index contributed by atoms with van der Waals surface area (Å²) in [5.41, 5.74) is 4.61. The van der Waals surface area contributed by atoms with Gasteiger partial charge in [-0.1, -0.05) is 6.07 Å². The highest BCUT2D eigenvalue weighted by molar-refractivity contribution is 7.12. The molecule has 0 aliphatic heterocycles. The number of hydrogen-bond donors (Lipinski definition) is 2. The van der Waals surface area contributed by atoms with E-state index >= 15 is 0 Å². The van der Waals surface area contributed by atoms with E-state index in [9.17, 15) is 9.59 Å². The van der Waals surface area contributed by atoms with Crippen LogP contribution in [0.3, 0.4) is 0 Å². The first-order valence-electron chi connectivity index (χ1n) is 6.20. The van der Waals surface area contributed by atoms with E-state index in [1.54, 1.807) is 24.6 Å². The fraction of sp³-hybridized carbons (Fsp3) is 0.133. The van der Waals surface area contributed by atoms with Crippen LogP contribution in [0.5, 0.6) is 0 Å². The van der Waals surface area contributed by atoms with Gasteiger partial charge in [-0.3, -0.25) is 4.79 Å². The fourth-order valence-electron chi connectivity index (χ4n) is 1.77. The highest BCUT2D eigenvalue weighted by atomic mass is 32.1. The molecule has 1 heterocycles. The largest absolute Gasteiger partial charge is 0.478 e. The third-order valence-corrected chi connectivity index (χ3v) is 3.82. The van der Waals surface area contributed by atoms with E-state index in [0.29, 0.717) is 16.3 Å². The summed E-state index contributed by atoms with van der Waals surface area (Å²) < 4.78 is 0. The zero-order valence-corrected chi connectivity index (χ0v) is 12.4. The maximum atomic E-state index is 12.1. The van der Waals surface area contributed by atoms with Crippen LogP contribution in [-0.2, 0) is 4.79 Å². The van der Waals surface area contributed by atoms with Gasteiger partial charge in [0.15, 0.2) is 0 Å². The van der Waals surface area contributed by atoms with Crippen molar-refractivity contribution >= 4 is 35.0 Å². The smallest absolute Gasteiger partial charge is 0.328 e. The molecule has 1 aromatic carbocycles. The van der Waals surface area contributed by atoms with Crippen LogP contribution in [0.4, 0.5) is 5.69 Å². The molecule has 21 heavy (non-hydrogen) atoms. The molecule has 0 bridgehead atoms. The van der Waals surface area contributed by atoms with Crippen molar-refractivity contribution in [3.8, 4) is 0 Å². The number of aryl methyl sites for hydroxylation is 2. The van der Waals surface area contributed by atoms with Crippen molar-refractivity contribution in [2.75, 3.05) is 5.32 Å². The molecule has 0 saturated carbocycles. The Kier molecular flexibility index (Phi) is 4.49. The number of carboxylic acid groups (broad SMARTS) is 1. The third kappa shape index (κ3) is 3.76. The molecule has 0 aliphatic carbocycles. The van der Waals surface area contributed by atoms with Crippen molar-refractivity contribution < 1.29 is 14.7 Å². The third-order valence-electron chi connectivity index (χ3n) is 2.89. The van der Waals surface area contributed by atoms with Gasteiger partial charge in [0.25, 0.3) is 5.91 Å². The van der Waals surface area contributed by atoms with Crippen molar-refractivity contribution in [3.05, 3.63) is 51.5 Å². The maximum Gasteiger partial charge on any atom is 0.328 e. The molecule has 0 atom stereocenters. The Bertz CT molecular complexity index is 719. The fourth-order valence-corrected chi connectivity index (χ4v) is 2.46. The van der Waals surface area contributed by atoms with Crippen LogP contribution in [0, 0.1) is 13.8 Å². The first-order valence-corrected chi connectivity index (χ1v) is 7.08. The average Bonchev–Trinajstić information content (AvgIpc) is 2.85. The second-order valence-electron chi connectivity index (χ2n) is 4.46. The minimum Gasteiger partial charge on any atom is -0.478 e. The molecule has 0 fully saturated rings. The van der Waals surface area contributed by atoms with Gasteiger partial charge in [-0.15, -0.1) is 11.3 Å². The molecule has 0 unspecified atom stereocenters. The SMILES string of the molecule is Cc1ccc(NC(=O)c2scnc2C)cc1C=CC(=O)O. The average molecular weight is 302 g/mol. The Labute approximate surface area is 126 Å². The maximum absolute atomic E-state index is 12.1. The second-order valence-corrected chi connectivity index (χ2v) is 5.32. The lowest BCUT2D eigenvalue weighted by atomic mass is 10.1. The lowest BCUT2D eigenvalue weighted by molar-refractivity contribution is -0.131. The minimum atomic E-state index is -1.01. The molecule has 0 spiro atoms. The van der Waals surface area contributed by atoms with Gasteiger partial charge in [0.1, 0.15) is 4.88 Å². The number of benzene rings is 1. The lowest BCUT2D eigenvalue weighted by Crippen LogP contribution is -2.11. The zero-order valence-electron chi connectivity index (χ0n) is 11.6. The number of rotatable bonds is 4. The van der Waals surface area contributed by atoms with E-state index in [2.05, 4.69) is 10.3 Å². The summed E-state index contributed by atoms with van der Waals surface area (Å²) >= 11 is 1.28. The van der Waals surface area contributed by atoms with Crippen LogP contribution in [-0.4, -0.2) is 22.0 Å². The molecule has 6 heteroatoms. The van der Waals surface area contributed by atoms with Crippen LogP contribution in [0.25, 0.3) is 6.08 Å². The van der Waals surface area contributed by atoms with Gasteiger partial charge in [-0.2, -0.15) is 0 Å². The molecule has 1 aromatic heterocycles. The van der Waals surface area contributed by atoms with Crippen LogP contribution in [0.15, 0.2) is 29.8 Å². The summed E-state index contributed by atoms with van der Waals surface area (Å²) in [5.74, 6) is -1.23. The summed E-state index contributed by atoms with van der Waals surface area (Å²) in [7, 11) is 0. The van der Waals surface area contributed by atoms with Gasteiger partial charge in [0.05, 0.1) is 11.2 Å². The number of thiazole rings is 1. The zero-order chi connectivity index (χ0) is 15.4. The molecule has 0 aliphatic rings. The lowest BCUT2D eigenvalue weighted by Gasteiger charge is -2.07. The molecule has 0 saturated heterocycles. The second kappa shape index (κ2) is 6.32. The van der Waals surface area contributed by atoms with Crippen molar-refractivity contribution in [1.82, 2.24) is 4.98 Å². The minimum absolute atomic E-state index is 0.216. The molecule has 2 rings (SSSR count). The Morgan fingerprint density at radius 1 is 1.33 bits per heavy atom. The van der Waals surface area contributed by atoms with Gasteiger partial charge >= 0.3 is 5.97 Å². The number of aliphatic carboxylic acids is 1. The van der Waals surface area contributed by atoms with Gasteiger partial charge in [0.2, 0.25) is 0 Å². The number of carbonyl (C=O) groups excluding carboxylic acids is 1. The summed E-state index contributed by atoms with van der Waals surface area (Å²) in [5, 5.41) is 11.5. The van der Waals surface area contributed by atoms with E-state index in [1.807, 2.05) is 13.0 Å². The molecule has 2 aromatic rings. The van der Waals surface area contributed by atoms with Gasteiger partial charge < -0.3 is 10.4 Å². The predicted molar refractivity (Wildman–Crippen MR) is 82.7 cm³/mol. The summed E-state index contributed by atoms with van der Waals surface area (Å²) in [6, 6.07) is 5.35. The predicted octanol–water partition coefficient (Wildman–Crippen LogP) is 3.11. The number of anilines is 1. The molecule has 5 nitrogen and oxygen atoms in total. The van der Waals surface area contributed by atoms with Crippen LogP contribution in [0.1, 0.15) is 26.5 Å². The van der Waals surface area contributed by atoms with E-state index in [4.69, 9.17) is 5.11 Å². The quantitative estimate of drug-likeness (QED) is 0.850. The molecule has 1 amide bonds. The molecule has 2 N–H and O–H groups in total. The Morgan fingerprint density at radius 2 is 2.10 bits per heavy atom. The summed E-state index contributed by atoms with van der Waals surface area (Å²) in [4.78, 5) is 27.3. The number of nitrogens with one attached hydrogen (secondary N) is 1. The normalized spacial score (nSPS) is 10.8. The van der Waals surface area contributed by atoms with Crippen molar-refractivity contribution in [2.45, 2.75) is 13.8 Å². The van der Waals surface area contributed by atoms with E-state index in [-0.39, 0.29) is 5.91 Å². The van der Waals surface area contributed by atoms with Crippen LogP contribution < -0.4 is 5.32 Å². The molecule has 0 radical (unpaired) electrons. The van der Waals surface area contributed by atoms with E-state index in [1.165, 1.54) is 17.4 Å². The topological polar surface area (TPSA) is 79.3 Å². The van der Waals surface area contributed by atoms with Gasteiger partial charge in [0, 0.05) is 11.8 Å². The monoisotopic (exact) mass is 302 g/mol. The van der Waals surface area contributed by atoms with Crippen LogP contribution in [0.2, 0.25) is 0 Å². The number of amides is 1. The summed E-state index contributed by atoms with van der Waals surface area (Å²) in [6.45, 7) is 3.65. The summed E-state index contributed by atoms with van der Waals surface area (Å²) in [6.07, 6.45) is 2.58. The number of hydrogen-bond acceptors (Lipinski definition) is 4. The van der Waals surface area contributed by atoms with Crippen molar-refractivity contribution in [2.24, 2.45) is 0 Å². The van der Waals surface area contributed by atoms with E-state index in [0.717, 1.165) is 17.2 Å². The van der Waals surface area contributed by atoms with Gasteiger partial charge in [-0.25, -0.2) is 9.78 Å². The number of carboxylic acids is 1. The highest BCUT2D eigenvalue weighted by Crippen LogP contribution is 2.19.